The molecule has 1 aromatic carbocycles. The number of rotatable bonds is 4. The summed E-state index contributed by atoms with van der Waals surface area (Å²) < 4.78 is 0. The molecule has 1 aliphatic rings. The quantitative estimate of drug-likeness (QED) is 0.851. The van der Waals surface area contributed by atoms with Gasteiger partial charge in [-0.2, -0.15) is 0 Å². The van der Waals surface area contributed by atoms with Crippen molar-refractivity contribution in [1.29, 1.82) is 0 Å². The molecule has 1 saturated carbocycles. The van der Waals surface area contributed by atoms with Crippen molar-refractivity contribution < 1.29 is 9.59 Å². The Morgan fingerprint density at radius 1 is 1.44 bits per heavy atom. The van der Waals surface area contributed by atoms with Crippen LogP contribution in [0.2, 0.25) is 5.02 Å². The third kappa shape index (κ3) is 2.48. The number of nitrogens with zero attached hydrogens (tertiary/aromatic N) is 1. The van der Waals surface area contributed by atoms with Crippen LogP contribution >= 0.6 is 11.6 Å². The predicted octanol–water partition coefficient (Wildman–Crippen LogP) is 2.49. The van der Waals surface area contributed by atoms with Gasteiger partial charge in [-0.3, -0.25) is 9.59 Å². The van der Waals surface area contributed by atoms with Gasteiger partial charge in [0.2, 0.25) is 6.41 Å². The molecule has 0 spiro atoms. The highest BCUT2D eigenvalue weighted by atomic mass is 35.5. The molecule has 2 rings (SSSR count). The summed E-state index contributed by atoms with van der Waals surface area (Å²) in [6, 6.07) is 3.43. The molecule has 0 heterocycles. The number of amides is 2. The second-order valence-corrected chi connectivity index (χ2v) is 5.09. The highest BCUT2D eigenvalue weighted by molar-refractivity contribution is 6.31. The van der Waals surface area contributed by atoms with E-state index in [0.717, 1.165) is 18.4 Å². The van der Waals surface area contributed by atoms with E-state index in [4.69, 9.17) is 11.6 Å². The molecule has 0 aliphatic heterocycles. The minimum atomic E-state index is -0.163. The van der Waals surface area contributed by atoms with Gasteiger partial charge in [0, 0.05) is 19.1 Å². The average molecular weight is 267 g/mol. The van der Waals surface area contributed by atoms with Crippen molar-refractivity contribution in [3.8, 4) is 0 Å². The highest BCUT2D eigenvalue weighted by Gasteiger charge is 2.29. The van der Waals surface area contributed by atoms with E-state index in [1.165, 1.54) is 4.90 Å². The summed E-state index contributed by atoms with van der Waals surface area (Å²) in [7, 11) is 3.34. The molecule has 1 N–H and O–H groups in total. The zero-order chi connectivity index (χ0) is 13.3. The van der Waals surface area contributed by atoms with Gasteiger partial charge in [-0.05, 0) is 36.5 Å². The largest absolute Gasteiger partial charge is 0.345 e. The summed E-state index contributed by atoms with van der Waals surface area (Å²) in [6.07, 6.45) is 2.74. The van der Waals surface area contributed by atoms with Gasteiger partial charge in [0.1, 0.15) is 0 Å². The number of anilines is 1. The molecule has 0 saturated heterocycles. The zero-order valence-electron chi connectivity index (χ0n) is 10.4. The summed E-state index contributed by atoms with van der Waals surface area (Å²) in [5, 5.41) is 3.17. The van der Waals surface area contributed by atoms with E-state index < -0.39 is 0 Å². The molecule has 1 aliphatic carbocycles. The van der Waals surface area contributed by atoms with Crippen LogP contribution in [0.4, 0.5) is 5.69 Å². The Bertz CT molecular complexity index is 496. The van der Waals surface area contributed by atoms with Gasteiger partial charge in [-0.25, -0.2) is 0 Å². The van der Waals surface area contributed by atoms with E-state index in [-0.39, 0.29) is 5.91 Å². The molecule has 0 aromatic heterocycles. The van der Waals surface area contributed by atoms with Gasteiger partial charge < -0.3 is 10.2 Å². The lowest BCUT2D eigenvalue weighted by molar-refractivity contribution is -0.105. The maximum absolute atomic E-state index is 12.1. The van der Waals surface area contributed by atoms with Crippen LogP contribution in [0, 0.1) is 0 Å². The molecule has 1 fully saturated rings. The van der Waals surface area contributed by atoms with Crippen LogP contribution in [0.15, 0.2) is 12.1 Å². The molecule has 0 unspecified atom stereocenters. The second-order valence-electron chi connectivity index (χ2n) is 4.65. The first-order valence-electron chi connectivity index (χ1n) is 5.80. The van der Waals surface area contributed by atoms with Crippen LogP contribution in [0.3, 0.4) is 0 Å². The van der Waals surface area contributed by atoms with Crippen LogP contribution in [0.1, 0.15) is 34.7 Å². The van der Waals surface area contributed by atoms with Crippen molar-refractivity contribution in [3.05, 3.63) is 28.3 Å². The average Bonchev–Trinajstić information content (AvgIpc) is 3.14. The predicted molar refractivity (Wildman–Crippen MR) is 71.1 cm³/mol. The maximum Gasteiger partial charge on any atom is 0.255 e. The van der Waals surface area contributed by atoms with E-state index in [9.17, 15) is 9.59 Å². The SMILES string of the molecule is CN(C)C(=O)c1cc(Cl)cc(C2CC2)c1NC=O. The molecular formula is C13H15ClN2O2. The topological polar surface area (TPSA) is 49.4 Å². The number of hydrogen-bond acceptors (Lipinski definition) is 2. The number of nitrogens with one attached hydrogen (secondary N) is 1. The minimum absolute atomic E-state index is 0.163. The van der Waals surface area contributed by atoms with Crippen molar-refractivity contribution in [2.24, 2.45) is 0 Å². The van der Waals surface area contributed by atoms with E-state index in [1.807, 2.05) is 6.07 Å². The smallest absolute Gasteiger partial charge is 0.255 e. The number of carbonyl (C=O) groups is 2. The Morgan fingerprint density at radius 2 is 2.11 bits per heavy atom. The maximum atomic E-state index is 12.1. The lowest BCUT2D eigenvalue weighted by Crippen LogP contribution is -2.23. The summed E-state index contributed by atoms with van der Waals surface area (Å²) in [5.74, 6) is 0.239. The molecule has 1 aromatic rings. The Hall–Kier alpha value is -1.55. The van der Waals surface area contributed by atoms with Crippen molar-refractivity contribution in [1.82, 2.24) is 4.90 Å². The second kappa shape index (κ2) is 4.98. The zero-order valence-corrected chi connectivity index (χ0v) is 11.1. The van der Waals surface area contributed by atoms with Crippen LogP contribution in [-0.4, -0.2) is 31.3 Å². The summed E-state index contributed by atoms with van der Waals surface area (Å²) in [5.41, 5.74) is 2.00. The molecule has 0 atom stereocenters. The third-order valence-corrected chi connectivity index (χ3v) is 3.21. The van der Waals surface area contributed by atoms with Gasteiger partial charge in [0.25, 0.3) is 5.91 Å². The Kier molecular flexibility index (Phi) is 3.57. The first kappa shape index (κ1) is 12.9. The van der Waals surface area contributed by atoms with Gasteiger partial charge in [-0.1, -0.05) is 11.6 Å². The van der Waals surface area contributed by atoms with Crippen LogP contribution < -0.4 is 5.32 Å². The van der Waals surface area contributed by atoms with E-state index in [0.29, 0.717) is 28.6 Å². The summed E-state index contributed by atoms with van der Waals surface area (Å²) in [6.45, 7) is 0. The van der Waals surface area contributed by atoms with Crippen molar-refractivity contribution in [3.63, 3.8) is 0 Å². The number of halogens is 1. The molecule has 0 radical (unpaired) electrons. The molecule has 2 amide bonds. The highest BCUT2D eigenvalue weighted by Crippen LogP contribution is 2.45. The van der Waals surface area contributed by atoms with E-state index in [2.05, 4.69) is 5.32 Å². The molecule has 18 heavy (non-hydrogen) atoms. The van der Waals surface area contributed by atoms with Crippen molar-refractivity contribution in [2.45, 2.75) is 18.8 Å². The molecule has 96 valence electrons. The lowest BCUT2D eigenvalue weighted by Gasteiger charge is -2.17. The van der Waals surface area contributed by atoms with E-state index in [1.54, 1.807) is 20.2 Å². The fourth-order valence-electron chi connectivity index (χ4n) is 1.97. The summed E-state index contributed by atoms with van der Waals surface area (Å²) in [4.78, 5) is 24.3. The fourth-order valence-corrected chi connectivity index (χ4v) is 2.20. The summed E-state index contributed by atoms with van der Waals surface area (Å²) >= 11 is 6.06. The van der Waals surface area contributed by atoms with Crippen molar-refractivity contribution >= 4 is 29.6 Å². The Balaban J connectivity index is 2.54. The monoisotopic (exact) mass is 266 g/mol. The standard InChI is InChI=1S/C13H15ClN2O2/c1-16(2)13(18)11-6-9(14)5-10(8-3-4-8)12(11)15-7-17/h5-8H,3-4H2,1-2H3,(H,15,17). The fraction of sp³-hybridized carbons (Fsp3) is 0.385. The molecular weight excluding hydrogens is 252 g/mol. The number of hydrogen-bond donors (Lipinski definition) is 1. The van der Waals surface area contributed by atoms with Crippen LogP contribution in [0.5, 0.6) is 0 Å². The Morgan fingerprint density at radius 3 is 2.61 bits per heavy atom. The first-order valence-corrected chi connectivity index (χ1v) is 6.17. The van der Waals surface area contributed by atoms with Crippen LogP contribution in [-0.2, 0) is 4.79 Å². The molecule has 4 nitrogen and oxygen atoms in total. The molecule has 5 heteroatoms. The van der Waals surface area contributed by atoms with Gasteiger partial charge in [0.05, 0.1) is 11.3 Å². The van der Waals surface area contributed by atoms with E-state index >= 15 is 0 Å². The molecule has 0 bridgehead atoms. The third-order valence-electron chi connectivity index (χ3n) is 2.99. The van der Waals surface area contributed by atoms with Gasteiger partial charge >= 0.3 is 0 Å². The minimum Gasteiger partial charge on any atom is -0.345 e. The number of benzene rings is 1. The number of carbonyl (C=O) groups excluding carboxylic acids is 2. The van der Waals surface area contributed by atoms with Crippen molar-refractivity contribution in [2.75, 3.05) is 19.4 Å². The normalized spacial score (nSPS) is 14.2. The lowest BCUT2D eigenvalue weighted by atomic mass is 10.0. The van der Waals surface area contributed by atoms with Gasteiger partial charge in [-0.15, -0.1) is 0 Å². The first-order chi connectivity index (χ1) is 8.54. The van der Waals surface area contributed by atoms with Crippen LogP contribution in [0.25, 0.3) is 0 Å². The Labute approximate surface area is 111 Å². The van der Waals surface area contributed by atoms with Gasteiger partial charge in [0.15, 0.2) is 0 Å².